The van der Waals surface area contributed by atoms with Crippen LogP contribution in [0, 0.1) is 5.41 Å². The fraction of sp³-hybridized carbons (Fsp3) is 0.846. The lowest BCUT2D eigenvalue weighted by molar-refractivity contribution is -0.146. The summed E-state index contributed by atoms with van der Waals surface area (Å²) in [4.78, 5) is 22.9. The van der Waals surface area contributed by atoms with Gasteiger partial charge in [0.15, 0.2) is 0 Å². The van der Waals surface area contributed by atoms with E-state index >= 15 is 0 Å². The highest BCUT2D eigenvalue weighted by Gasteiger charge is 2.29. The average Bonchev–Trinajstić information content (AvgIpc) is 2.17. The van der Waals surface area contributed by atoms with Crippen molar-refractivity contribution in [1.82, 2.24) is 0 Å². The first-order chi connectivity index (χ1) is 7.56. The van der Waals surface area contributed by atoms with Crippen molar-refractivity contribution in [3.63, 3.8) is 0 Å². The Morgan fingerprint density at radius 3 is 2.38 bits per heavy atom. The number of carbonyl (C=O) groups excluding carboxylic acids is 2. The van der Waals surface area contributed by atoms with Gasteiger partial charge in [0, 0.05) is 6.42 Å². The molecule has 0 amide bonds. The summed E-state index contributed by atoms with van der Waals surface area (Å²) in [6.45, 7) is 4.27. The van der Waals surface area contributed by atoms with Crippen LogP contribution in [0.25, 0.3) is 0 Å². The lowest BCUT2D eigenvalue weighted by atomic mass is 9.72. The van der Waals surface area contributed by atoms with E-state index in [4.69, 9.17) is 4.74 Å². The number of ether oxygens (including phenoxy) is 1. The zero-order chi connectivity index (χ0) is 12.0. The maximum atomic E-state index is 11.7. The van der Waals surface area contributed by atoms with Crippen LogP contribution in [-0.2, 0) is 14.3 Å². The van der Waals surface area contributed by atoms with E-state index in [-0.39, 0.29) is 23.6 Å². The molecule has 0 aliphatic heterocycles. The van der Waals surface area contributed by atoms with Crippen LogP contribution < -0.4 is 0 Å². The number of carbonyl (C=O) groups is 2. The molecule has 0 heterocycles. The van der Waals surface area contributed by atoms with Crippen molar-refractivity contribution in [2.24, 2.45) is 5.41 Å². The molecule has 0 unspecified atom stereocenters. The van der Waals surface area contributed by atoms with Crippen LogP contribution in [0.1, 0.15) is 58.8 Å². The minimum Gasteiger partial charge on any atom is -0.466 e. The van der Waals surface area contributed by atoms with E-state index in [0.29, 0.717) is 13.0 Å². The Bertz CT molecular complexity index is 252. The molecule has 0 saturated heterocycles. The normalized spacial score (nSPS) is 19.1. The van der Waals surface area contributed by atoms with E-state index in [1.54, 1.807) is 6.92 Å². The molecular weight excluding hydrogens is 204 g/mol. The second-order valence-electron chi connectivity index (χ2n) is 5.07. The highest BCUT2D eigenvalue weighted by molar-refractivity contribution is 5.95. The number of hydrogen-bond donors (Lipinski definition) is 0. The summed E-state index contributed by atoms with van der Waals surface area (Å²) in [7, 11) is 0. The van der Waals surface area contributed by atoms with Gasteiger partial charge < -0.3 is 4.74 Å². The molecule has 0 aromatic carbocycles. The fourth-order valence-corrected chi connectivity index (χ4v) is 2.49. The van der Waals surface area contributed by atoms with E-state index in [1.165, 1.54) is 19.3 Å². The molecule has 0 bridgehead atoms. The van der Waals surface area contributed by atoms with E-state index in [2.05, 4.69) is 6.92 Å². The van der Waals surface area contributed by atoms with Crippen LogP contribution in [-0.4, -0.2) is 18.4 Å². The van der Waals surface area contributed by atoms with Gasteiger partial charge in [-0.3, -0.25) is 9.59 Å². The van der Waals surface area contributed by atoms with Crippen molar-refractivity contribution in [2.75, 3.05) is 6.61 Å². The lowest BCUT2D eigenvalue weighted by Crippen LogP contribution is -2.25. The Labute approximate surface area is 97.5 Å². The fourth-order valence-electron chi connectivity index (χ4n) is 2.49. The van der Waals surface area contributed by atoms with Gasteiger partial charge in [-0.1, -0.05) is 26.2 Å². The summed E-state index contributed by atoms with van der Waals surface area (Å²) in [5.74, 6) is -0.352. The number of rotatable bonds is 5. The summed E-state index contributed by atoms with van der Waals surface area (Å²) in [5.41, 5.74) is 0.127. The predicted molar refractivity (Wildman–Crippen MR) is 62.1 cm³/mol. The van der Waals surface area contributed by atoms with Crippen LogP contribution in [0.4, 0.5) is 0 Å². The van der Waals surface area contributed by atoms with Gasteiger partial charge in [0.1, 0.15) is 12.2 Å². The Morgan fingerprint density at radius 1 is 1.19 bits per heavy atom. The molecule has 0 radical (unpaired) electrons. The molecule has 0 atom stereocenters. The third-order valence-electron chi connectivity index (χ3n) is 3.33. The smallest absolute Gasteiger partial charge is 0.313 e. The topological polar surface area (TPSA) is 43.4 Å². The van der Waals surface area contributed by atoms with Crippen LogP contribution in [0.5, 0.6) is 0 Å². The van der Waals surface area contributed by atoms with E-state index in [9.17, 15) is 9.59 Å². The van der Waals surface area contributed by atoms with Gasteiger partial charge in [0.25, 0.3) is 0 Å². The largest absolute Gasteiger partial charge is 0.466 e. The first kappa shape index (κ1) is 13.2. The zero-order valence-corrected chi connectivity index (χ0v) is 10.4. The Kier molecular flexibility index (Phi) is 4.97. The summed E-state index contributed by atoms with van der Waals surface area (Å²) in [6, 6.07) is 0. The quantitative estimate of drug-likeness (QED) is 0.535. The highest BCUT2D eigenvalue weighted by Crippen LogP contribution is 2.39. The molecule has 92 valence electrons. The van der Waals surface area contributed by atoms with Crippen molar-refractivity contribution in [3.8, 4) is 0 Å². The Balaban J connectivity index is 2.35. The second-order valence-corrected chi connectivity index (χ2v) is 5.07. The van der Waals surface area contributed by atoms with Crippen molar-refractivity contribution in [2.45, 2.75) is 58.8 Å². The summed E-state index contributed by atoms with van der Waals surface area (Å²) in [5, 5.41) is 0. The standard InChI is InChI=1S/C13H22O3/c1-3-16-12(15)9-11(14)10-13(2)7-5-4-6-8-13/h3-10H2,1-2H3. The van der Waals surface area contributed by atoms with Gasteiger partial charge in [-0.2, -0.15) is 0 Å². The van der Waals surface area contributed by atoms with Gasteiger partial charge in [0.05, 0.1) is 6.61 Å². The molecule has 1 fully saturated rings. The Morgan fingerprint density at radius 2 is 1.81 bits per heavy atom. The first-order valence-corrected chi connectivity index (χ1v) is 6.23. The highest BCUT2D eigenvalue weighted by atomic mass is 16.5. The predicted octanol–water partition coefficient (Wildman–Crippen LogP) is 2.87. The molecule has 0 spiro atoms. The van der Waals surface area contributed by atoms with Gasteiger partial charge in [-0.15, -0.1) is 0 Å². The second kappa shape index (κ2) is 6.02. The molecule has 1 aliphatic rings. The molecule has 1 saturated carbocycles. The van der Waals surface area contributed by atoms with Crippen LogP contribution in [0.3, 0.4) is 0 Å². The van der Waals surface area contributed by atoms with Gasteiger partial charge in [-0.25, -0.2) is 0 Å². The van der Waals surface area contributed by atoms with Gasteiger partial charge in [0.2, 0.25) is 0 Å². The molecule has 1 rings (SSSR count). The van der Waals surface area contributed by atoms with E-state index < -0.39 is 0 Å². The van der Waals surface area contributed by atoms with Gasteiger partial charge in [-0.05, 0) is 25.2 Å². The van der Waals surface area contributed by atoms with Gasteiger partial charge >= 0.3 is 5.97 Å². The first-order valence-electron chi connectivity index (χ1n) is 6.23. The van der Waals surface area contributed by atoms with Crippen LogP contribution >= 0.6 is 0 Å². The zero-order valence-electron chi connectivity index (χ0n) is 10.4. The molecule has 0 aromatic rings. The molecule has 0 aromatic heterocycles. The van der Waals surface area contributed by atoms with Crippen LogP contribution in [0.15, 0.2) is 0 Å². The van der Waals surface area contributed by atoms with Crippen LogP contribution in [0.2, 0.25) is 0 Å². The minimum absolute atomic E-state index is 0.0304. The number of ketones is 1. The van der Waals surface area contributed by atoms with E-state index in [1.807, 2.05) is 0 Å². The molecule has 3 heteroatoms. The maximum Gasteiger partial charge on any atom is 0.313 e. The number of esters is 1. The van der Waals surface area contributed by atoms with E-state index in [0.717, 1.165) is 12.8 Å². The molecule has 1 aliphatic carbocycles. The van der Waals surface area contributed by atoms with Crippen molar-refractivity contribution in [3.05, 3.63) is 0 Å². The number of Topliss-reactive ketones (excluding diaryl/α,β-unsaturated/α-hetero) is 1. The molecular formula is C13H22O3. The lowest BCUT2D eigenvalue weighted by Gasteiger charge is -2.32. The summed E-state index contributed by atoms with van der Waals surface area (Å²) < 4.78 is 4.77. The third-order valence-corrected chi connectivity index (χ3v) is 3.33. The van der Waals surface area contributed by atoms with Crippen molar-refractivity contribution in [1.29, 1.82) is 0 Å². The maximum absolute atomic E-state index is 11.7. The SMILES string of the molecule is CCOC(=O)CC(=O)CC1(C)CCCCC1. The summed E-state index contributed by atoms with van der Waals surface area (Å²) >= 11 is 0. The van der Waals surface area contributed by atoms with Crippen molar-refractivity contribution >= 4 is 11.8 Å². The summed E-state index contributed by atoms with van der Waals surface area (Å²) in [6.07, 6.45) is 6.41. The minimum atomic E-state index is -0.382. The van der Waals surface area contributed by atoms with Crippen molar-refractivity contribution < 1.29 is 14.3 Å². The third kappa shape index (κ3) is 4.33. The molecule has 3 nitrogen and oxygen atoms in total. The molecule has 16 heavy (non-hydrogen) atoms. The Hall–Kier alpha value is -0.860. The number of hydrogen-bond acceptors (Lipinski definition) is 3. The monoisotopic (exact) mass is 226 g/mol. The molecule has 0 N–H and O–H groups in total. The average molecular weight is 226 g/mol.